The monoisotopic (exact) mass is 265 g/mol. The maximum Gasteiger partial charge on any atom is 0.247 e. The van der Waals surface area contributed by atoms with Crippen molar-refractivity contribution in [1.82, 2.24) is 9.97 Å². The number of nitrogen functional groups attached to an aromatic ring is 1. The highest BCUT2D eigenvalue weighted by molar-refractivity contribution is 6.28. The summed E-state index contributed by atoms with van der Waals surface area (Å²) < 4.78 is 5.50. The lowest BCUT2D eigenvalue weighted by Crippen LogP contribution is -1.97. The molecule has 0 aliphatic heterocycles. The SMILES string of the molecule is Nc1cnc(Cl)nc1Oc1ccc(CCO)cc1. The van der Waals surface area contributed by atoms with Gasteiger partial charge in [0, 0.05) is 6.61 Å². The third kappa shape index (κ3) is 3.09. The molecular weight excluding hydrogens is 254 g/mol. The smallest absolute Gasteiger partial charge is 0.247 e. The molecule has 0 atom stereocenters. The van der Waals surface area contributed by atoms with Gasteiger partial charge in [0.25, 0.3) is 0 Å². The van der Waals surface area contributed by atoms with Crippen LogP contribution in [0, 0.1) is 0 Å². The van der Waals surface area contributed by atoms with Crippen LogP contribution in [0.1, 0.15) is 5.56 Å². The van der Waals surface area contributed by atoms with Crippen LogP contribution in [0.25, 0.3) is 0 Å². The Balaban J connectivity index is 2.15. The highest BCUT2D eigenvalue weighted by atomic mass is 35.5. The van der Waals surface area contributed by atoms with Crippen molar-refractivity contribution < 1.29 is 9.84 Å². The van der Waals surface area contributed by atoms with E-state index in [-0.39, 0.29) is 17.8 Å². The molecule has 0 aliphatic rings. The molecule has 0 aliphatic carbocycles. The van der Waals surface area contributed by atoms with Gasteiger partial charge in [-0.3, -0.25) is 0 Å². The average molecular weight is 266 g/mol. The Morgan fingerprint density at radius 1 is 1.28 bits per heavy atom. The maximum atomic E-state index is 8.81. The number of nitrogens with two attached hydrogens (primary N) is 1. The second kappa shape index (κ2) is 5.66. The number of hydrogen-bond acceptors (Lipinski definition) is 5. The molecule has 0 radical (unpaired) electrons. The first kappa shape index (κ1) is 12.6. The summed E-state index contributed by atoms with van der Waals surface area (Å²) in [6.07, 6.45) is 2.01. The van der Waals surface area contributed by atoms with Crippen LogP contribution in [0.4, 0.5) is 5.69 Å². The highest BCUT2D eigenvalue weighted by Gasteiger charge is 2.06. The van der Waals surface area contributed by atoms with Gasteiger partial charge in [-0.05, 0) is 35.7 Å². The van der Waals surface area contributed by atoms with Crippen LogP contribution >= 0.6 is 11.6 Å². The van der Waals surface area contributed by atoms with Crippen molar-refractivity contribution in [3.05, 3.63) is 41.3 Å². The van der Waals surface area contributed by atoms with Gasteiger partial charge in [0.1, 0.15) is 11.4 Å². The van der Waals surface area contributed by atoms with E-state index >= 15 is 0 Å². The van der Waals surface area contributed by atoms with Gasteiger partial charge < -0.3 is 15.6 Å². The molecule has 0 saturated heterocycles. The number of anilines is 1. The minimum Gasteiger partial charge on any atom is -0.437 e. The highest BCUT2D eigenvalue weighted by Crippen LogP contribution is 2.25. The van der Waals surface area contributed by atoms with Crippen LogP contribution in [0.15, 0.2) is 30.5 Å². The molecule has 0 spiro atoms. The molecule has 0 unspecified atom stereocenters. The molecule has 1 aromatic carbocycles. The lowest BCUT2D eigenvalue weighted by Gasteiger charge is -2.07. The van der Waals surface area contributed by atoms with E-state index in [1.165, 1.54) is 6.20 Å². The van der Waals surface area contributed by atoms with Crippen LogP contribution in [-0.2, 0) is 6.42 Å². The molecular formula is C12H12ClN3O2. The van der Waals surface area contributed by atoms with Gasteiger partial charge in [-0.25, -0.2) is 4.98 Å². The van der Waals surface area contributed by atoms with Crippen molar-refractivity contribution in [3.63, 3.8) is 0 Å². The normalized spacial score (nSPS) is 10.3. The fourth-order valence-electron chi connectivity index (χ4n) is 1.40. The summed E-state index contributed by atoms with van der Waals surface area (Å²) >= 11 is 5.66. The van der Waals surface area contributed by atoms with E-state index in [1.54, 1.807) is 12.1 Å². The van der Waals surface area contributed by atoms with Gasteiger partial charge in [0.15, 0.2) is 0 Å². The van der Waals surface area contributed by atoms with Crippen LogP contribution < -0.4 is 10.5 Å². The van der Waals surface area contributed by atoms with Crippen LogP contribution in [0.5, 0.6) is 11.6 Å². The number of aliphatic hydroxyl groups is 1. The van der Waals surface area contributed by atoms with E-state index < -0.39 is 0 Å². The summed E-state index contributed by atoms with van der Waals surface area (Å²) in [5.74, 6) is 0.822. The Labute approximate surface area is 109 Å². The van der Waals surface area contributed by atoms with Crippen molar-refractivity contribution in [2.45, 2.75) is 6.42 Å². The number of halogens is 1. The van der Waals surface area contributed by atoms with Crippen molar-refractivity contribution in [2.24, 2.45) is 0 Å². The number of hydrogen-bond donors (Lipinski definition) is 2. The third-order valence-electron chi connectivity index (χ3n) is 2.29. The molecule has 0 fully saturated rings. The summed E-state index contributed by atoms with van der Waals surface area (Å²) in [5.41, 5.74) is 7.02. The molecule has 2 aromatic rings. The molecule has 3 N–H and O–H groups in total. The predicted molar refractivity (Wildman–Crippen MR) is 68.8 cm³/mol. The van der Waals surface area contributed by atoms with E-state index in [2.05, 4.69) is 9.97 Å². The van der Waals surface area contributed by atoms with Crippen LogP contribution in [0.3, 0.4) is 0 Å². The number of benzene rings is 1. The Hall–Kier alpha value is -1.85. The van der Waals surface area contributed by atoms with Crippen LogP contribution in [0.2, 0.25) is 5.28 Å². The number of ether oxygens (including phenoxy) is 1. The first-order valence-electron chi connectivity index (χ1n) is 5.34. The zero-order chi connectivity index (χ0) is 13.0. The van der Waals surface area contributed by atoms with E-state index in [0.29, 0.717) is 17.9 Å². The number of rotatable bonds is 4. The second-order valence-electron chi connectivity index (χ2n) is 3.62. The van der Waals surface area contributed by atoms with Gasteiger partial charge in [-0.2, -0.15) is 4.98 Å². The lowest BCUT2D eigenvalue weighted by atomic mass is 10.1. The molecule has 5 nitrogen and oxygen atoms in total. The summed E-state index contributed by atoms with van der Waals surface area (Å²) in [6.45, 7) is 0.120. The molecule has 6 heteroatoms. The van der Waals surface area contributed by atoms with E-state index in [9.17, 15) is 0 Å². The van der Waals surface area contributed by atoms with Gasteiger partial charge in [-0.1, -0.05) is 12.1 Å². The Bertz CT molecular complexity index is 531. The first-order chi connectivity index (χ1) is 8.69. The quantitative estimate of drug-likeness (QED) is 0.827. The Kier molecular flexibility index (Phi) is 3.96. The Morgan fingerprint density at radius 2 is 2.00 bits per heavy atom. The maximum absolute atomic E-state index is 8.81. The second-order valence-corrected chi connectivity index (χ2v) is 3.96. The molecule has 0 saturated carbocycles. The molecule has 0 bridgehead atoms. The minimum atomic E-state index is 0.0797. The standard InChI is InChI=1S/C12H12ClN3O2/c13-12-15-7-10(14)11(16-12)18-9-3-1-8(2-4-9)5-6-17/h1-4,7,17H,5-6,14H2. The molecule has 2 rings (SSSR count). The first-order valence-corrected chi connectivity index (χ1v) is 5.72. The molecule has 0 amide bonds. The number of aromatic nitrogens is 2. The van der Waals surface area contributed by atoms with Crippen molar-refractivity contribution in [3.8, 4) is 11.6 Å². The zero-order valence-electron chi connectivity index (χ0n) is 9.51. The molecule has 1 aromatic heterocycles. The summed E-state index contributed by atoms with van der Waals surface area (Å²) in [5, 5.41) is 8.89. The fourth-order valence-corrected chi connectivity index (χ4v) is 1.53. The van der Waals surface area contributed by atoms with Gasteiger partial charge in [-0.15, -0.1) is 0 Å². The lowest BCUT2D eigenvalue weighted by molar-refractivity contribution is 0.299. The van der Waals surface area contributed by atoms with Crippen molar-refractivity contribution in [1.29, 1.82) is 0 Å². The van der Waals surface area contributed by atoms with Crippen molar-refractivity contribution in [2.75, 3.05) is 12.3 Å². The topological polar surface area (TPSA) is 81.3 Å². The molecule has 1 heterocycles. The minimum absolute atomic E-state index is 0.0797. The number of nitrogens with zero attached hydrogens (tertiary/aromatic N) is 2. The van der Waals surface area contributed by atoms with Gasteiger partial charge >= 0.3 is 0 Å². The molecule has 94 valence electrons. The van der Waals surface area contributed by atoms with Gasteiger partial charge in [0.05, 0.1) is 6.20 Å². The summed E-state index contributed by atoms with van der Waals surface area (Å²) in [6, 6.07) is 7.29. The summed E-state index contributed by atoms with van der Waals surface area (Å²) in [4.78, 5) is 7.63. The largest absolute Gasteiger partial charge is 0.437 e. The average Bonchev–Trinajstić information content (AvgIpc) is 2.37. The number of aliphatic hydroxyl groups excluding tert-OH is 1. The van der Waals surface area contributed by atoms with Crippen molar-refractivity contribution >= 4 is 17.3 Å². The predicted octanol–water partition coefficient (Wildman–Crippen LogP) is 2.04. The van der Waals surface area contributed by atoms with E-state index in [1.807, 2.05) is 12.1 Å². The zero-order valence-corrected chi connectivity index (χ0v) is 10.3. The van der Waals surface area contributed by atoms with Gasteiger partial charge in [0.2, 0.25) is 11.2 Å². The van der Waals surface area contributed by atoms with Crippen LogP contribution in [-0.4, -0.2) is 21.7 Å². The molecule has 18 heavy (non-hydrogen) atoms. The summed E-state index contributed by atoms with van der Waals surface area (Å²) in [7, 11) is 0. The Morgan fingerprint density at radius 3 is 2.67 bits per heavy atom. The third-order valence-corrected chi connectivity index (χ3v) is 2.47. The van der Waals surface area contributed by atoms with E-state index in [4.69, 9.17) is 27.2 Å². The van der Waals surface area contributed by atoms with E-state index in [0.717, 1.165) is 5.56 Å². The fraction of sp³-hybridized carbons (Fsp3) is 0.167.